The Morgan fingerprint density at radius 2 is 1.47 bits per heavy atom. The highest BCUT2D eigenvalue weighted by atomic mass is 16.5. The highest BCUT2D eigenvalue weighted by Gasteiger charge is 2.28. The van der Waals surface area contributed by atoms with Gasteiger partial charge in [-0.3, -0.25) is 9.59 Å². The van der Waals surface area contributed by atoms with Crippen molar-refractivity contribution < 1.29 is 23.9 Å². The van der Waals surface area contributed by atoms with E-state index in [1.807, 2.05) is 43.3 Å². The van der Waals surface area contributed by atoms with Crippen molar-refractivity contribution in [3.63, 3.8) is 0 Å². The van der Waals surface area contributed by atoms with Gasteiger partial charge < -0.3 is 14.4 Å². The zero-order valence-electron chi connectivity index (χ0n) is 17.4. The maximum absolute atomic E-state index is 12.3. The molecule has 1 saturated heterocycles. The number of likely N-dealkylation sites (tertiary alicyclic amines) is 1. The molecule has 0 bridgehead atoms. The molecule has 1 fully saturated rings. The minimum absolute atomic E-state index is 0.163. The summed E-state index contributed by atoms with van der Waals surface area (Å²) >= 11 is 0. The van der Waals surface area contributed by atoms with Gasteiger partial charge in [0.25, 0.3) is 5.91 Å². The molecule has 0 radical (unpaired) electrons. The Bertz CT molecular complexity index is 881. The van der Waals surface area contributed by atoms with Crippen LogP contribution in [0.4, 0.5) is 0 Å². The van der Waals surface area contributed by atoms with Crippen LogP contribution in [0.5, 0.6) is 0 Å². The van der Waals surface area contributed by atoms with Crippen molar-refractivity contribution in [3.05, 3.63) is 59.7 Å². The zero-order valence-corrected chi connectivity index (χ0v) is 17.4. The van der Waals surface area contributed by atoms with Gasteiger partial charge in [-0.2, -0.15) is 0 Å². The summed E-state index contributed by atoms with van der Waals surface area (Å²) in [5.41, 5.74) is 3.67. The van der Waals surface area contributed by atoms with Crippen LogP contribution in [0.1, 0.15) is 35.7 Å². The fraction of sp³-hybridized carbons (Fsp3) is 0.375. The molecule has 6 heteroatoms. The Hall–Kier alpha value is -3.15. The smallest absolute Gasteiger partial charge is 0.338 e. The van der Waals surface area contributed by atoms with Crippen LogP contribution in [0.15, 0.2) is 48.5 Å². The van der Waals surface area contributed by atoms with Crippen molar-refractivity contribution in [3.8, 4) is 11.1 Å². The third-order valence-electron chi connectivity index (χ3n) is 5.30. The van der Waals surface area contributed by atoms with E-state index in [1.54, 1.807) is 24.0 Å². The lowest BCUT2D eigenvalue weighted by molar-refractivity contribution is -0.151. The quantitative estimate of drug-likeness (QED) is 0.682. The zero-order chi connectivity index (χ0) is 21.5. The second-order valence-electron chi connectivity index (χ2n) is 7.43. The van der Waals surface area contributed by atoms with Crippen molar-refractivity contribution in [1.82, 2.24) is 4.90 Å². The average Bonchev–Trinajstić information content (AvgIpc) is 2.78. The van der Waals surface area contributed by atoms with Crippen molar-refractivity contribution >= 4 is 17.8 Å². The molecule has 1 heterocycles. The Morgan fingerprint density at radius 3 is 2.03 bits per heavy atom. The summed E-state index contributed by atoms with van der Waals surface area (Å²) < 4.78 is 10.2. The van der Waals surface area contributed by atoms with Crippen LogP contribution in [0, 0.1) is 12.8 Å². The number of hydrogen-bond donors (Lipinski definition) is 0. The number of amides is 1. The van der Waals surface area contributed by atoms with Gasteiger partial charge in [0.1, 0.15) is 0 Å². The minimum Gasteiger partial charge on any atom is -0.466 e. The summed E-state index contributed by atoms with van der Waals surface area (Å²) in [6.07, 6.45) is 1.14. The van der Waals surface area contributed by atoms with Crippen molar-refractivity contribution in [2.24, 2.45) is 5.92 Å². The molecule has 0 unspecified atom stereocenters. The number of aryl methyl sites for hydroxylation is 1. The standard InChI is InChI=1S/C24H27NO5/c1-3-29-23(27)21-12-14-25(15-13-21)22(26)16-30-24(28)20-10-8-19(9-11-20)18-6-4-17(2)5-7-18/h4-11,21H,3,12-16H2,1-2H3. The highest BCUT2D eigenvalue weighted by Crippen LogP contribution is 2.21. The van der Waals surface area contributed by atoms with Gasteiger partial charge >= 0.3 is 11.9 Å². The molecule has 0 spiro atoms. The largest absolute Gasteiger partial charge is 0.466 e. The second-order valence-corrected chi connectivity index (χ2v) is 7.43. The summed E-state index contributed by atoms with van der Waals surface area (Å²) in [6.45, 7) is 4.80. The van der Waals surface area contributed by atoms with Crippen LogP contribution in [0.3, 0.4) is 0 Å². The monoisotopic (exact) mass is 409 g/mol. The minimum atomic E-state index is -0.528. The average molecular weight is 409 g/mol. The topological polar surface area (TPSA) is 72.9 Å². The second kappa shape index (κ2) is 10.1. The van der Waals surface area contributed by atoms with Gasteiger partial charge in [-0.15, -0.1) is 0 Å². The molecule has 3 rings (SSSR count). The lowest BCUT2D eigenvalue weighted by Crippen LogP contribution is -2.42. The van der Waals surface area contributed by atoms with E-state index in [9.17, 15) is 14.4 Å². The van der Waals surface area contributed by atoms with Crippen LogP contribution >= 0.6 is 0 Å². The molecular weight excluding hydrogens is 382 g/mol. The molecule has 1 aliphatic rings. The number of hydrogen-bond acceptors (Lipinski definition) is 5. The Kier molecular flexibility index (Phi) is 7.22. The number of carbonyl (C=O) groups excluding carboxylic acids is 3. The van der Waals surface area contributed by atoms with E-state index in [-0.39, 0.29) is 24.4 Å². The van der Waals surface area contributed by atoms with Crippen LogP contribution < -0.4 is 0 Å². The van der Waals surface area contributed by atoms with Gasteiger partial charge in [0.15, 0.2) is 6.61 Å². The molecule has 2 aromatic carbocycles. The predicted molar refractivity (Wildman–Crippen MR) is 113 cm³/mol. The van der Waals surface area contributed by atoms with Gasteiger partial charge in [-0.1, -0.05) is 42.0 Å². The third-order valence-corrected chi connectivity index (χ3v) is 5.30. The molecular formula is C24H27NO5. The highest BCUT2D eigenvalue weighted by molar-refractivity contribution is 5.92. The van der Waals surface area contributed by atoms with E-state index in [2.05, 4.69) is 0 Å². The fourth-order valence-electron chi connectivity index (χ4n) is 3.47. The first-order valence-corrected chi connectivity index (χ1v) is 10.3. The van der Waals surface area contributed by atoms with E-state index >= 15 is 0 Å². The number of benzene rings is 2. The number of nitrogens with zero attached hydrogens (tertiary/aromatic N) is 1. The van der Waals surface area contributed by atoms with E-state index in [4.69, 9.17) is 9.47 Å². The van der Waals surface area contributed by atoms with Gasteiger partial charge in [0.2, 0.25) is 0 Å². The normalized spacial score (nSPS) is 14.3. The van der Waals surface area contributed by atoms with Gasteiger partial charge in [-0.25, -0.2) is 4.79 Å². The summed E-state index contributed by atoms with van der Waals surface area (Å²) in [7, 11) is 0. The van der Waals surface area contributed by atoms with E-state index in [0.29, 0.717) is 38.1 Å². The number of carbonyl (C=O) groups is 3. The third kappa shape index (κ3) is 5.47. The Balaban J connectivity index is 1.48. The molecule has 158 valence electrons. The maximum Gasteiger partial charge on any atom is 0.338 e. The van der Waals surface area contributed by atoms with E-state index in [1.165, 1.54) is 5.56 Å². The van der Waals surface area contributed by atoms with Crippen LogP contribution in [-0.2, 0) is 19.1 Å². The molecule has 1 aliphatic heterocycles. The first-order valence-electron chi connectivity index (χ1n) is 10.3. The summed E-state index contributed by atoms with van der Waals surface area (Å²) in [4.78, 5) is 38.0. The van der Waals surface area contributed by atoms with Gasteiger partial charge in [0.05, 0.1) is 18.1 Å². The molecule has 2 aromatic rings. The first kappa shape index (κ1) is 21.6. The lowest BCUT2D eigenvalue weighted by atomic mass is 9.97. The molecule has 0 aromatic heterocycles. The first-order chi connectivity index (χ1) is 14.5. The molecule has 30 heavy (non-hydrogen) atoms. The van der Waals surface area contributed by atoms with Crippen molar-refractivity contribution in [2.45, 2.75) is 26.7 Å². The summed E-state index contributed by atoms with van der Waals surface area (Å²) in [5.74, 6) is -1.14. The lowest BCUT2D eigenvalue weighted by Gasteiger charge is -2.30. The van der Waals surface area contributed by atoms with Crippen LogP contribution in [0.2, 0.25) is 0 Å². The Morgan fingerprint density at radius 1 is 0.900 bits per heavy atom. The molecule has 1 amide bonds. The Labute approximate surface area is 176 Å². The molecule has 0 saturated carbocycles. The van der Waals surface area contributed by atoms with Crippen molar-refractivity contribution in [1.29, 1.82) is 0 Å². The molecule has 0 N–H and O–H groups in total. The SMILES string of the molecule is CCOC(=O)C1CCN(C(=O)COC(=O)c2ccc(-c3ccc(C)cc3)cc2)CC1. The fourth-order valence-corrected chi connectivity index (χ4v) is 3.47. The van der Waals surface area contributed by atoms with Crippen LogP contribution in [-0.4, -0.2) is 49.0 Å². The number of ether oxygens (including phenoxy) is 2. The van der Waals surface area contributed by atoms with E-state index in [0.717, 1.165) is 11.1 Å². The van der Waals surface area contributed by atoms with Crippen LogP contribution in [0.25, 0.3) is 11.1 Å². The maximum atomic E-state index is 12.3. The van der Waals surface area contributed by atoms with Gasteiger partial charge in [-0.05, 0) is 49.9 Å². The summed E-state index contributed by atoms with van der Waals surface area (Å²) in [6, 6.07) is 15.3. The summed E-state index contributed by atoms with van der Waals surface area (Å²) in [5, 5.41) is 0. The van der Waals surface area contributed by atoms with Gasteiger partial charge in [0, 0.05) is 13.1 Å². The number of piperidine rings is 1. The molecule has 0 atom stereocenters. The number of rotatable bonds is 6. The molecule has 6 nitrogen and oxygen atoms in total. The van der Waals surface area contributed by atoms with Crippen molar-refractivity contribution in [2.75, 3.05) is 26.3 Å². The molecule has 0 aliphatic carbocycles. The number of esters is 2. The van der Waals surface area contributed by atoms with E-state index < -0.39 is 5.97 Å². The predicted octanol–water partition coefficient (Wildman–Crippen LogP) is 3.62.